The summed E-state index contributed by atoms with van der Waals surface area (Å²) >= 11 is 0. The minimum atomic E-state index is -2.64. The third-order valence-corrected chi connectivity index (χ3v) is 3.76. The number of alkyl halides is 2. The van der Waals surface area contributed by atoms with Crippen molar-refractivity contribution < 1.29 is 8.78 Å². The van der Waals surface area contributed by atoms with Crippen molar-refractivity contribution in [2.24, 2.45) is 5.73 Å². The van der Waals surface area contributed by atoms with Gasteiger partial charge in [-0.2, -0.15) is 0 Å². The van der Waals surface area contributed by atoms with Crippen LogP contribution in [0, 0.1) is 0 Å². The smallest absolute Gasteiger partial charge is 0.249 e. The van der Waals surface area contributed by atoms with Gasteiger partial charge in [0.05, 0.1) is 0 Å². The van der Waals surface area contributed by atoms with E-state index in [1.54, 1.807) is 6.07 Å². The van der Waals surface area contributed by atoms with E-state index in [0.29, 0.717) is 12.1 Å². The summed E-state index contributed by atoms with van der Waals surface area (Å²) in [7, 11) is 0. The summed E-state index contributed by atoms with van der Waals surface area (Å²) < 4.78 is 26.0. The van der Waals surface area contributed by atoms with E-state index in [9.17, 15) is 8.78 Å². The van der Waals surface area contributed by atoms with Gasteiger partial charge in [-0.05, 0) is 30.9 Å². The van der Waals surface area contributed by atoms with Crippen LogP contribution >= 0.6 is 0 Å². The molecule has 0 bridgehead atoms. The monoisotopic (exact) mass is 239 g/mol. The molecule has 0 radical (unpaired) electrons. The first-order valence-corrected chi connectivity index (χ1v) is 6.13. The van der Waals surface area contributed by atoms with Crippen molar-refractivity contribution in [3.63, 3.8) is 0 Å². The van der Waals surface area contributed by atoms with Crippen LogP contribution in [0.2, 0.25) is 0 Å². The van der Waals surface area contributed by atoms with Crippen LogP contribution in [0.3, 0.4) is 0 Å². The quantitative estimate of drug-likeness (QED) is 0.857. The average Bonchev–Trinajstić information content (AvgIpc) is 2.14. The van der Waals surface area contributed by atoms with E-state index in [1.807, 2.05) is 18.2 Å². The SMILES string of the molecule is CC(F)(F)Cc1cccc(C2(CN)CCC2)c1. The molecule has 0 spiro atoms. The number of halogens is 2. The van der Waals surface area contributed by atoms with Gasteiger partial charge in [-0.3, -0.25) is 0 Å². The van der Waals surface area contributed by atoms with Gasteiger partial charge in [0, 0.05) is 18.4 Å². The second-order valence-corrected chi connectivity index (χ2v) is 5.29. The minimum Gasteiger partial charge on any atom is -0.330 e. The fourth-order valence-corrected chi connectivity index (χ4v) is 2.58. The first kappa shape index (κ1) is 12.5. The van der Waals surface area contributed by atoms with Crippen LogP contribution in [0.4, 0.5) is 8.78 Å². The van der Waals surface area contributed by atoms with Crippen molar-refractivity contribution >= 4 is 0 Å². The molecule has 1 aromatic carbocycles. The van der Waals surface area contributed by atoms with E-state index < -0.39 is 5.92 Å². The summed E-state index contributed by atoms with van der Waals surface area (Å²) in [5.41, 5.74) is 7.72. The van der Waals surface area contributed by atoms with Crippen LogP contribution in [-0.4, -0.2) is 12.5 Å². The maximum absolute atomic E-state index is 13.0. The Hall–Kier alpha value is -0.960. The Morgan fingerprint density at radius 3 is 2.53 bits per heavy atom. The third kappa shape index (κ3) is 2.65. The van der Waals surface area contributed by atoms with E-state index in [2.05, 4.69) is 0 Å². The molecular weight excluding hydrogens is 220 g/mol. The minimum absolute atomic E-state index is 0.0546. The molecule has 17 heavy (non-hydrogen) atoms. The maximum atomic E-state index is 13.0. The van der Waals surface area contributed by atoms with Crippen molar-refractivity contribution in [1.82, 2.24) is 0 Å². The van der Waals surface area contributed by atoms with E-state index >= 15 is 0 Å². The summed E-state index contributed by atoms with van der Waals surface area (Å²) in [6.07, 6.45) is 3.15. The summed E-state index contributed by atoms with van der Waals surface area (Å²) in [4.78, 5) is 0. The lowest BCUT2D eigenvalue weighted by atomic mass is 9.64. The number of nitrogens with two attached hydrogens (primary N) is 1. The van der Waals surface area contributed by atoms with Gasteiger partial charge in [-0.25, -0.2) is 8.78 Å². The molecule has 0 atom stereocenters. The highest BCUT2D eigenvalue weighted by molar-refractivity contribution is 5.33. The first-order valence-electron chi connectivity index (χ1n) is 6.13. The molecule has 0 heterocycles. The van der Waals surface area contributed by atoms with E-state index in [1.165, 1.54) is 6.42 Å². The molecule has 1 aliphatic rings. The fourth-order valence-electron chi connectivity index (χ4n) is 2.58. The van der Waals surface area contributed by atoms with Crippen LogP contribution in [0.15, 0.2) is 24.3 Å². The number of hydrogen-bond acceptors (Lipinski definition) is 1. The molecule has 0 aromatic heterocycles. The zero-order valence-electron chi connectivity index (χ0n) is 10.2. The lowest BCUT2D eigenvalue weighted by Gasteiger charge is -2.41. The van der Waals surface area contributed by atoms with Crippen LogP contribution in [-0.2, 0) is 11.8 Å². The summed E-state index contributed by atoms with van der Waals surface area (Å²) in [5, 5.41) is 0. The van der Waals surface area contributed by atoms with E-state index in [-0.39, 0.29) is 11.8 Å². The molecule has 1 aromatic rings. The lowest BCUT2D eigenvalue weighted by Crippen LogP contribution is -2.41. The number of rotatable bonds is 4. The van der Waals surface area contributed by atoms with Gasteiger partial charge in [-0.15, -0.1) is 0 Å². The first-order chi connectivity index (χ1) is 7.95. The maximum Gasteiger partial charge on any atom is 0.249 e. The fraction of sp³-hybridized carbons (Fsp3) is 0.571. The normalized spacial score (nSPS) is 18.8. The zero-order valence-corrected chi connectivity index (χ0v) is 10.2. The number of hydrogen-bond donors (Lipinski definition) is 1. The highest BCUT2D eigenvalue weighted by atomic mass is 19.3. The summed E-state index contributed by atoms with van der Waals surface area (Å²) in [5.74, 6) is -2.64. The molecule has 1 fully saturated rings. The van der Waals surface area contributed by atoms with Crippen molar-refractivity contribution in [2.45, 2.75) is 43.9 Å². The summed E-state index contributed by atoms with van der Waals surface area (Å²) in [6, 6.07) is 7.56. The highest BCUT2D eigenvalue weighted by Gasteiger charge is 2.37. The molecule has 0 aliphatic heterocycles. The molecule has 0 unspecified atom stereocenters. The number of benzene rings is 1. The van der Waals surface area contributed by atoms with Gasteiger partial charge in [0.2, 0.25) is 5.92 Å². The third-order valence-electron chi connectivity index (χ3n) is 3.76. The van der Waals surface area contributed by atoms with Crippen LogP contribution < -0.4 is 5.73 Å². The molecule has 0 saturated heterocycles. The Kier molecular flexibility index (Phi) is 3.21. The molecule has 1 saturated carbocycles. The molecule has 2 rings (SSSR count). The second kappa shape index (κ2) is 4.37. The van der Waals surface area contributed by atoms with Gasteiger partial charge in [0.1, 0.15) is 0 Å². The van der Waals surface area contributed by atoms with E-state index in [0.717, 1.165) is 25.3 Å². The Morgan fingerprint density at radius 2 is 2.06 bits per heavy atom. The zero-order chi connectivity index (χ0) is 12.5. The molecule has 1 aliphatic carbocycles. The van der Waals surface area contributed by atoms with Crippen molar-refractivity contribution in [1.29, 1.82) is 0 Å². The molecular formula is C14H19F2N. The van der Waals surface area contributed by atoms with Crippen LogP contribution in [0.25, 0.3) is 0 Å². The van der Waals surface area contributed by atoms with E-state index in [4.69, 9.17) is 5.73 Å². The molecule has 0 amide bonds. The molecule has 2 N–H and O–H groups in total. The van der Waals surface area contributed by atoms with Gasteiger partial charge in [0.25, 0.3) is 0 Å². The van der Waals surface area contributed by atoms with Crippen molar-refractivity contribution in [2.75, 3.05) is 6.54 Å². The Morgan fingerprint density at radius 1 is 1.35 bits per heavy atom. The highest BCUT2D eigenvalue weighted by Crippen LogP contribution is 2.43. The lowest BCUT2D eigenvalue weighted by molar-refractivity contribution is 0.0226. The Bertz CT molecular complexity index is 386. The molecule has 1 nitrogen and oxygen atoms in total. The van der Waals surface area contributed by atoms with Crippen molar-refractivity contribution in [3.05, 3.63) is 35.4 Å². The second-order valence-electron chi connectivity index (χ2n) is 5.29. The standard InChI is InChI=1S/C14H19F2N/c1-13(15,16)9-11-4-2-5-12(8-11)14(10-17)6-3-7-14/h2,4-5,8H,3,6-7,9-10,17H2,1H3. The van der Waals surface area contributed by atoms with Gasteiger partial charge in [0.15, 0.2) is 0 Å². The molecule has 3 heteroatoms. The van der Waals surface area contributed by atoms with Crippen molar-refractivity contribution in [3.8, 4) is 0 Å². The van der Waals surface area contributed by atoms with Gasteiger partial charge < -0.3 is 5.73 Å². The Balaban J connectivity index is 2.22. The van der Waals surface area contributed by atoms with Crippen LogP contribution in [0.1, 0.15) is 37.3 Å². The van der Waals surface area contributed by atoms with Crippen LogP contribution in [0.5, 0.6) is 0 Å². The topological polar surface area (TPSA) is 26.0 Å². The summed E-state index contributed by atoms with van der Waals surface area (Å²) in [6.45, 7) is 1.57. The predicted octanol–water partition coefficient (Wildman–Crippen LogP) is 3.26. The predicted molar refractivity (Wildman–Crippen MR) is 65.4 cm³/mol. The van der Waals surface area contributed by atoms with Gasteiger partial charge >= 0.3 is 0 Å². The largest absolute Gasteiger partial charge is 0.330 e. The van der Waals surface area contributed by atoms with Gasteiger partial charge in [-0.1, -0.05) is 30.7 Å². The Labute approximate surface area is 101 Å². The average molecular weight is 239 g/mol. The molecule has 94 valence electrons.